The van der Waals surface area contributed by atoms with Crippen LogP contribution in [-0.4, -0.2) is 5.11 Å². The van der Waals surface area contributed by atoms with Gasteiger partial charge >= 0.3 is 0 Å². The number of phenols is 1. The van der Waals surface area contributed by atoms with Gasteiger partial charge in [-0.15, -0.1) is 0 Å². The average molecular weight is 275 g/mol. The van der Waals surface area contributed by atoms with E-state index in [2.05, 4.69) is 35.6 Å². The zero-order valence-corrected chi connectivity index (χ0v) is 11.8. The number of aromatic hydroxyl groups is 1. The molecule has 0 atom stereocenters. The largest absolute Gasteiger partial charge is 0.508 e. The van der Waals surface area contributed by atoms with Crippen molar-refractivity contribution >= 4 is 16.5 Å². The number of benzene rings is 3. The highest BCUT2D eigenvalue weighted by Gasteiger charge is 2.15. The van der Waals surface area contributed by atoms with Crippen LogP contribution in [-0.2, 0) is 19.4 Å². The number of anilines is 1. The molecular formula is C19H17NO. The maximum atomic E-state index is 9.86. The highest BCUT2D eigenvalue weighted by atomic mass is 16.3. The van der Waals surface area contributed by atoms with Crippen LogP contribution in [0, 0.1) is 0 Å². The van der Waals surface area contributed by atoms with Crippen LogP contribution in [0.4, 0.5) is 5.69 Å². The summed E-state index contributed by atoms with van der Waals surface area (Å²) in [6.07, 6.45) is 2.30. The topological polar surface area (TPSA) is 32.3 Å². The first-order chi connectivity index (χ1) is 10.3. The minimum atomic E-state index is 0.343. The first kappa shape index (κ1) is 12.3. The van der Waals surface area contributed by atoms with Crippen molar-refractivity contribution in [1.82, 2.24) is 0 Å². The summed E-state index contributed by atoms with van der Waals surface area (Å²) >= 11 is 0. The molecular weight excluding hydrogens is 258 g/mol. The van der Waals surface area contributed by atoms with Gasteiger partial charge in [-0.05, 0) is 41.5 Å². The van der Waals surface area contributed by atoms with Crippen molar-refractivity contribution in [2.45, 2.75) is 19.4 Å². The Bertz CT molecular complexity index is 813. The molecule has 0 saturated heterocycles. The predicted molar refractivity (Wildman–Crippen MR) is 86.8 cm³/mol. The SMILES string of the molecule is Oc1ccccc1CNc1ccc2c3c(cccc13)CC2. The van der Waals surface area contributed by atoms with Gasteiger partial charge in [0.25, 0.3) is 0 Å². The average Bonchev–Trinajstić information content (AvgIpc) is 2.93. The number of nitrogens with one attached hydrogen (secondary N) is 1. The first-order valence-electron chi connectivity index (χ1n) is 7.37. The predicted octanol–water partition coefficient (Wildman–Crippen LogP) is 4.26. The van der Waals surface area contributed by atoms with Crippen LogP contribution in [0.1, 0.15) is 16.7 Å². The maximum absolute atomic E-state index is 9.86. The Hall–Kier alpha value is -2.48. The van der Waals surface area contributed by atoms with Crippen LogP contribution in [0.25, 0.3) is 10.8 Å². The van der Waals surface area contributed by atoms with Gasteiger partial charge in [-0.2, -0.15) is 0 Å². The van der Waals surface area contributed by atoms with E-state index in [1.807, 2.05) is 18.2 Å². The molecule has 0 amide bonds. The second-order valence-electron chi connectivity index (χ2n) is 5.59. The van der Waals surface area contributed by atoms with Crippen molar-refractivity contribution in [3.63, 3.8) is 0 Å². The quantitative estimate of drug-likeness (QED) is 0.748. The summed E-state index contributed by atoms with van der Waals surface area (Å²) in [5.41, 5.74) is 4.96. The summed E-state index contributed by atoms with van der Waals surface area (Å²) in [5, 5.41) is 16.0. The fraction of sp³-hybridized carbons (Fsp3) is 0.158. The van der Waals surface area contributed by atoms with E-state index in [4.69, 9.17) is 0 Å². The van der Waals surface area contributed by atoms with Gasteiger partial charge in [-0.25, -0.2) is 0 Å². The molecule has 0 radical (unpaired) electrons. The third-order valence-electron chi connectivity index (χ3n) is 4.34. The Balaban J connectivity index is 1.71. The minimum absolute atomic E-state index is 0.343. The molecule has 0 aromatic heterocycles. The fourth-order valence-corrected chi connectivity index (χ4v) is 3.25. The van der Waals surface area contributed by atoms with Gasteiger partial charge in [0.05, 0.1) is 0 Å². The zero-order valence-electron chi connectivity index (χ0n) is 11.8. The lowest BCUT2D eigenvalue weighted by molar-refractivity contribution is 0.469. The van der Waals surface area contributed by atoms with E-state index < -0.39 is 0 Å². The van der Waals surface area contributed by atoms with Crippen LogP contribution in [0.3, 0.4) is 0 Å². The van der Waals surface area contributed by atoms with E-state index in [1.165, 1.54) is 21.9 Å². The Morgan fingerprint density at radius 3 is 2.52 bits per heavy atom. The van der Waals surface area contributed by atoms with Crippen molar-refractivity contribution in [1.29, 1.82) is 0 Å². The molecule has 21 heavy (non-hydrogen) atoms. The van der Waals surface area contributed by atoms with E-state index in [-0.39, 0.29) is 0 Å². The fourth-order valence-electron chi connectivity index (χ4n) is 3.25. The molecule has 0 bridgehead atoms. The van der Waals surface area contributed by atoms with Crippen molar-refractivity contribution in [2.24, 2.45) is 0 Å². The highest BCUT2D eigenvalue weighted by molar-refractivity contribution is 5.99. The summed E-state index contributed by atoms with van der Waals surface area (Å²) in [6, 6.07) is 18.4. The monoisotopic (exact) mass is 275 g/mol. The van der Waals surface area contributed by atoms with Crippen LogP contribution < -0.4 is 5.32 Å². The molecule has 3 aromatic carbocycles. The Morgan fingerprint density at radius 1 is 0.857 bits per heavy atom. The molecule has 0 fully saturated rings. The summed E-state index contributed by atoms with van der Waals surface area (Å²) < 4.78 is 0. The summed E-state index contributed by atoms with van der Waals surface area (Å²) in [6.45, 7) is 0.630. The molecule has 0 unspecified atom stereocenters. The van der Waals surface area contributed by atoms with Gasteiger partial charge in [0.15, 0.2) is 0 Å². The lowest BCUT2D eigenvalue weighted by Crippen LogP contribution is -2.00. The van der Waals surface area contributed by atoms with E-state index in [1.54, 1.807) is 6.07 Å². The molecule has 1 aliphatic carbocycles. The van der Waals surface area contributed by atoms with E-state index >= 15 is 0 Å². The van der Waals surface area contributed by atoms with E-state index in [0.717, 1.165) is 24.1 Å². The molecule has 4 rings (SSSR count). The molecule has 104 valence electrons. The van der Waals surface area contributed by atoms with Crippen molar-refractivity contribution < 1.29 is 5.11 Å². The Labute approximate surface area is 124 Å². The van der Waals surface area contributed by atoms with Gasteiger partial charge < -0.3 is 10.4 Å². The van der Waals surface area contributed by atoms with Crippen LogP contribution in [0.15, 0.2) is 54.6 Å². The molecule has 0 saturated carbocycles. The molecule has 2 heteroatoms. The number of aryl methyl sites for hydroxylation is 2. The normalized spacial score (nSPS) is 12.8. The van der Waals surface area contributed by atoms with Crippen LogP contribution >= 0.6 is 0 Å². The smallest absolute Gasteiger partial charge is 0.120 e. The lowest BCUT2D eigenvalue weighted by atomic mass is 10.0. The van der Waals surface area contributed by atoms with Gasteiger partial charge in [0.1, 0.15) is 5.75 Å². The second kappa shape index (κ2) is 4.81. The maximum Gasteiger partial charge on any atom is 0.120 e. The van der Waals surface area contributed by atoms with Gasteiger partial charge in [0, 0.05) is 23.2 Å². The lowest BCUT2D eigenvalue weighted by Gasteiger charge is -2.12. The third-order valence-corrected chi connectivity index (χ3v) is 4.34. The van der Waals surface area contributed by atoms with Crippen molar-refractivity contribution in [3.05, 3.63) is 71.3 Å². The molecule has 0 heterocycles. The number of hydrogen-bond acceptors (Lipinski definition) is 2. The third kappa shape index (κ3) is 2.04. The van der Waals surface area contributed by atoms with E-state index in [9.17, 15) is 5.11 Å². The molecule has 1 aliphatic rings. The number of hydrogen-bond donors (Lipinski definition) is 2. The van der Waals surface area contributed by atoms with E-state index in [0.29, 0.717) is 12.3 Å². The molecule has 0 aliphatic heterocycles. The Morgan fingerprint density at radius 2 is 1.67 bits per heavy atom. The van der Waals surface area contributed by atoms with Gasteiger partial charge in [-0.1, -0.05) is 42.5 Å². The van der Waals surface area contributed by atoms with Crippen LogP contribution in [0.5, 0.6) is 5.75 Å². The van der Waals surface area contributed by atoms with Gasteiger partial charge in [-0.3, -0.25) is 0 Å². The molecule has 0 spiro atoms. The highest BCUT2D eigenvalue weighted by Crippen LogP contribution is 2.35. The number of rotatable bonds is 3. The zero-order chi connectivity index (χ0) is 14.2. The van der Waals surface area contributed by atoms with Crippen molar-refractivity contribution in [2.75, 3.05) is 5.32 Å². The number of phenolic OH excluding ortho intramolecular Hbond substituents is 1. The summed E-state index contributed by atoms with van der Waals surface area (Å²) in [5.74, 6) is 0.343. The standard InChI is InChI=1S/C19H17NO/c21-18-7-2-1-4-15(18)12-20-17-11-10-14-9-8-13-5-3-6-16(17)19(13)14/h1-7,10-11,20-21H,8-9,12H2. The van der Waals surface area contributed by atoms with Crippen LogP contribution in [0.2, 0.25) is 0 Å². The second-order valence-corrected chi connectivity index (χ2v) is 5.59. The molecule has 2 N–H and O–H groups in total. The first-order valence-corrected chi connectivity index (χ1v) is 7.37. The van der Waals surface area contributed by atoms with Gasteiger partial charge in [0.2, 0.25) is 0 Å². The summed E-state index contributed by atoms with van der Waals surface area (Å²) in [4.78, 5) is 0. The summed E-state index contributed by atoms with van der Waals surface area (Å²) in [7, 11) is 0. The van der Waals surface area contributed by atoms with Crippen molar-refractivity contribution in [3.8, 4) is 5.75 Å². The molecule has 2 nitrogen and oxygen atoms in total. The Kier molecular flexibility index (Phi) is 2.81. The molecule has 3 aromatic rings. The minimum Gasteiger partial charge on any atom is -0.508 e. The number of para-hydroxylation sites is 1.